The summed E-state index contributed by atoms with van der Waals surface area (Å²) < 4.78 is 0. The molecule has 3 heteroatoms. The van der Waals surface area contributed by atoms with Crippen LogP contribution in [0.15, 0.2) is 30.3 Å². The smallest absolute Gasteiger partial charge is 0.126 e. The third-order valence-electron chi connectivity index (χ3n) is 3.75. The van der Waals surface area contributed by atoms with Crippen LogP contribution in [-0.4, -0.2) is 11.5 Å². The van der Waals surface area contributed by atoms with Crippen LogP contribution in [0.5, 0.6) is 0 Å². The highest BCUT2D eigenvalue weighted by Crippen LogP contribution is 2.36. The highest BCUT2D eigenvalue weighted by atomic mass is 15.0. The lowest BCUT2D eigenvalue weighted by Crippen LogP contribution is -2.13. The Balaban J connectivity index is 1.74. The zero-order valence-corrected chi connectivity index (χ0v) is 10.7. The van der Waals surface area contributed by atoms with Gasteiger partial charge in [0, 0.05) is 17.6 Å². The van der Waals surface area contributed by atoms with Gasteiger partial charge in [0.05, 0.1) is 5.52 Å². The number of aromatic nitrogens is 1. The van der Waals surface area contributed by atoms with E-state index in [1.54, 1.807) is 0 Å². The number of fused-ring (bicyclic) bond motifs is 1. The van der Waals surface area contributed by atoms with Gasteiger partial charge in [-0.1, -0.05) is 6.92 Å². The van der Waals surface area contributed by atoms with Crippen molar-refractivity contribution >= 4 is 22.4 Å². The number of benzene rings is 1. The number of rotatable bonds is 4. The van der Waals surface area contributed by atoms with E-state index in [9.17, 15) is 0 Å². The second-order valence-electron chi connectivity index (χ2n) is 5.34. The molecular weight excluding hydrogens is 222 g/mol. The van der Waals surface area contributed by atoms with Gasteiger partial charge in [0.2, 0.25) is 0 Å². The number of hydrogen-bond donors (Lipinski definition) is 2. The lowest BCUT2D eigenvalue weighted by molar-refractivity contribution is 0.536. The van der Waals surface area contributed by atoms with E-state index in [0.29, 0.717) is 0 Å². The minimum atomic E-state index is 0.744. The van der Waals surface area contributed by atoms with Crippen LogP contribution >= 0.6 is 0 Å². The fourth-order valence-electron chi connectivity index (χ4n) is 2.34. The Morgan fingerprint density at radius 2 is 2.17 bits per heavy atom. The maximum absolute atomic E-state index is 5.76. The molecule has 0 spiro atoms. The van der Waals surface area contributed by atoms with Crippen molar-refractivity contribution in [3.05, 3.63) is 30.3 Å². The quantitative estimate of drug-likeness (QED) is 0.808. The lowest BCUT2D eigenvalue weighted by atomic mass is 10.1. The van der Waals surface area contributed by atoms with E-state index in [4.69, 9.17) is 5.73 Å². The number of anilines is 2. The normalized spacial score (nSPS) is 16.7. The van der Waals surface area contributed by atoms with Gasteiger partial charge in [-0.3, -0.25) is 0 Å². The van der Waals surface area contributed by atoms with E-state index >= 15 is 0 Å². The van der Waals surface area contributed by atoms with E-state index in [1.165, 1.54) is 12.8 Å². The van der Waals surface area contributed by atoms with Crippen LogP contribution in [0.2, 0.25) is 0 Å². The molecule has 1 atom stereocenters. The summed E-state index contributed by atoms with van der Waals surface area (Å²) in [4.78, 5) is 4.60. The minimum absolute atomic E-state index is 0.744. The van der Waals surface area contributed by atoms with Gasteiger partial charge >= 0.3 is 0 Å². The van der Waals surface area contributed by atoms with Crippen molar-refractivity contribution in [2.75, 3.05) is 17.6 Å². The number of pyridine rings is 1. The average molecular weight is 241 g/mol. The zero-order valence-electron chi connectivity index (χ0n) is 10.7. The second-order valence-corrected chi connectivity index (χ2v) is 5.34. The molecule has 94 valence electrons. The third-order valence-corrected chi connectivity index (χ3v) is 3.75. The summed E-state index contributed by atoms with van der Waals surface area (Å²) in [6.45, 7) is 3.32. The average Bonchev–Trinajstić information content (AvgIpc) is 3.20. The molecule has 18 heavy (non-hydrogen) atoms. The standard InChI is InChI=1S/C15H19N3/c1-10(11-2-3-11)9-17-15-7-4-12-8-13(16)5-6-14(12)18-15/h4-8,10-11H,2-3,9,16H2,1H3,(H,17,18). The Hall–Kier alpha value is -1.77. The largest absolute Gasteiger partial charge is 0.399 e. The predicted molar refractivity (Wildman–Crippen MR) is 76.5 cm³/mol. The molecule has 0 amide bonds. The monoisotopic (exact) mass is 241 g/mol. The van der Waals surface area contributed by atoms with Gasteiger partial charge in [-0.05, 0) is 55.0 Å². The fourth-order valence-corrected chi connectivity index (χ4v) is 2.34. The summed E-state index contributed by atoms with van der Waals surface area (Å²) >= 11 is 0. The molecular formula is C15H19N3. The summed E-state index contributed by atoms with van der Waals surface area (Å²) in [7, 11) is 0. The van der Waals surface area contributed by atoms with E-state index in [0.717, 1.165) is 40.8 Å². The molecule has 3 N–H and O–H groups in total. The highest BCUT2D eigenvalue weighted by Gasteiger charge is 2.27. The molecule has 1 aliphatic carbocycles. The Bertz CT molecular complexity index is 561. The fraction of sp³-hybridized carbons (Fsp3) is 0.400. The van der Waals surface area contributed by atoms with Crippen molar-refractivity contribution < 1.29 is 0 Å². The molecule has 0 radical (unpaired) electrons. The molecule has 0 saturated heterocycles. The summed E-state index contributed by atoms with van der Waals surface area (Å²) in [6, 6.07) is 9.93. The molecule has 0 aliphatic heterocycles. The molecule has 2 aromatic rings. The van der Waals surface area contributed by atoms with Gasteiger partial charge in [-0.15, -0.1) is 0 Å². The number of nitrogen functional groups attached to an aromatic ring is 1. The van der Waals surface area contributed by atoms with E-state index in [-0.39, 0.29) is 0 Å². The zero-order chi connectivity index (χ0) is 12.5. The Morgan fingerprint density at radius 3 is 2.94 bits per heavy atom. The van der Waals surface area contributed by atoms with Crippen LogP contribution in [0.4, 0.5) is 11.5 Å². The highest BCUT2D eigenvalue weighted by molar-refractivity contribution is 5.83. The van der Waals surface area contributed by atoms with Crippen LogP contribution in [-0.2, 0) is 0 Å². The lowest BCUT2D eigenvalue weighted by Gasteiger charge is -2.12. The molecule has 1 aromatic carbocycles. The maximum atomic E-state index is 5.76. The molecule has 1 aliphatic rings. The van der Waals surface area contributed by atoms with E-state index < -0.39 is 0 Å². The van der Waals surface area contributed by atoms with Crippen molar-refractivity contribution in [2.45, 2.75) is 19.8 Å². The van der Waals surface area contributed by atoms with Gasteiger partial charge in [-0.25, -0.2) is 4.98 Å². The van der Waals surface area contributed by atoms with Gasteiger partial charge in [0.15, 0.2) is 0 Å². The van der Waals surface area contributed by atoms with Crippen molar-refractivity contribution in [1.29, 1.82) is 0 Å². The van der Waals surface area contributed by atoms with Crippen molar-refractivity contribution in [1.82, 2.24) is 4.98 Å². The van der Waals surface area contributed by atoms with Crippen molar-refractivity contribution in [3.8, 4) is 0 Å². The first kappa shape index (κ1) is 11.3. The first-order valence-corrected chi connectivity index (χ1v) is 6.62. The summed E-state index contributed by atoms with van der Waals surface area (Å²) in [5.41, 5.74) is 7.54. The number of nitrogens with zero attached hydrogens (tertiary/aromatic N) is 1. The molecule has 1 saturated carbocycles. The SMILES string of the molecule is CC(CNc1ccc2cc(N)ccc2n1)C1CC1. The van der Waals surface area contributed by atoms with Crippen molar-refractivity contribution in [3.63, 3.8) is 0 Å². The van der Waals surface area contributed by atoms with E-state index in [1.807, 2.05) is 24.3 Å². The topological polar surface area (TPSA) is 50.9 Å². The second kappa shape index (κ2) is 4.48. The Morgan fingerprint density at radius 1 is 1.33 bits per heavy atom. The molecule has 1 heterocycles. The molecule has 1 aromatic heterocycles. The summed E-state index contributed by atoms with van der Waals surface area (Å²) in [5.74, 6) is 2.63. The van der Waals surface area contributed by atoms with Crippen LogP contribution in [0.25, 0.3) is 10.9 Å². The Labute approximate surface area is 107 Å². The minimum Gasteiger partial charge on any atom is -0.399 e. The summed E-state index contributed by atoms with van der Waals surface area (Å²) in [6.07, 6.45) is 2.79. The van der Waals surface area contributed by atoms with Crippen molar-refractivity contribution in [2.24, 2.45) is 11.8 Å². The van der Waals surface area contributed by atoms with Crippen LogP contribution < -0.4 is 11.1 Å². The predicted octanol–water partition coefficient (Wildman–Crippen LogP) is 3.28. The maximum Gasteiger partial charge on any atom is 0.126 e. The van der Waals surface area contributed by atoms with Gasteiger partial charge in [0.1, 0.15) is 5.82 Å². The molecule has 1 fully saturated rings. The number of nitrogens with two attached hydrogens (primary N) is 1. The van der Waals surface area contributed by atoms with Gasteiger partial charge in [0.25, 0.3) is 0 Å². The molecule has 3 nitrogen and oxygen atoms in total. The van der Waals surface area contributed by atoms with Crippen LogP contribution in [0, 0.1) is 11.8 Å². The molecule has 3 rings (SSSR count). The van der Waals surface area contributed by atoms with E-state index in [2.05, 4.69) is 23.3 Å². The third kappa shape index (κ3) is 2.40. The first-order valence-electron chi connectivity index (χ1n) is 6.62. The van der Waals surface area contributed by atoms with Gasteiger partial charge in [-0.2, -0.15) is 0 Å². The molecule has 1 unspecified atom stereocenters. The first-order chi connectivity index (χ1) is 8.72. The van der Waals surface area contributed by atoms with Gasteiger partial charge < -0.3 is 11.1 Å². The Kier molecular flexibility index (Phi) is 2.82. The molecule has 0 bridgehead atoms. The van der Waals surface area contributed by atoms with Crippen LogP contribution in [0.1, 0.15) is 19.8 Å². The number of nitrogens with one attached hydrogen (secondary N) is 1. The number of hydrogen-bond acceptors (Lipinski definition) is 3. The van der Waals surface area contributed by atoms with Crippen LogP contribution in [0.3, 0.4) is 0 Å². The summed E-state index contributed by atoms with van der Waals surface area (Å²) in [5, 5.41) is 4.52.